The summed E-state index contributed by atoms with van der Waals surface area (Å²) in [7, 11) is 0. The topological polar surface area (TPSA) is 90.4 Å². The van der Waals surface area contributed by atoms with Crippen molar-refractivity contribution in [2.75, 3.05) is 5.32 Å². The zero-order chi connectivity index (χ0) is 22.5. The number of nitrogens with zero attached hydrogens (tertiary/aromatic N) is 2. The van der Waals surface area contributed by atoms with Gasteiger partial charge in [0, 0.05) is 5.56 Å². The average Bonchev–Trinajstić information content (AvgIpc) is 3.56. The summed E-state index contributed by atoms with van der Waals surface area (Å²) >= 11 is 0. The second-order valence-corrected chi connectivity index (χ2v) is 7.20. The highest BCUT2D eigenvalue weighted by molar-refractivity contribution is 6.06. The number of benzene rings is 3. The van der Waals surface area contributed by atoms with Gasteiger partial charge < -0.3 is 19.0 Å². The number of anilines is 1. The number of rotatable bonds is 7. The van der Waals surface area contributed by atoms with Crippen molar-refractivity contribution in [3.63, 3.8) is 0 Å². The summed E-state index contributed by atoms with van der Waals surface area (Å²) in [6, 6.07) is 27.6. The highest BCUT2D eigenvalue weighted by atomic mass is 16.5. The van der Waals surface area contributed by atoms with E-state index in [0.717, 1.165) is 5.56 Å². The van der Waals surface area contributed by atoms with E-state index in [0.29, 0.717) is 40.8 Å². The maximum atomic E-state index is 13.0. The van der Waals surface area contributed by atoms with E-state index in [9.17, 15) is 4.79 Å². The van der Waals surface area contributed by atoms with Crippen LogP contribution < -0.4 is 10.1 Å². The molecule has 0 unspecified atom stereocenters. The van der Waals surface area contributed by atoms with E-state index >= 15 is 0 Å². The Morgan fingerprint density at radius 3 is 2.61 bits per heavy atom. The van der Waals surface area contributed by atoms with Crippen molar-refractivity contribution in [1.82, 2.24) is 10.1 Å². The third kappa shape index (κ3) is 4.67. The summed E-state index contributed by atoms with van der Waals surface area (Å²) in [4.78, 5) is 17.4. The molecule has 0 aliphatic heterocycles. The molecule has 7 heteroatoms. The number of hydrogen-bond acceptors (Lipinski definition) is 6. The molecule has 162 valence electrons. The van der Waals surface area contributed by atoms with E-state index in [1.165, 1.54) is 6.26 Å². The molecule has 1 N–H and O–H groups in total. The molecule has 5 aromatic rings. The van der Waals surface area contributed by atoms with Crippen LogP contribution in [0.25, 0.3) is 23.0 Å². The number of aromatic nitrogens is 2. The number of para-hydroxylation sites is 1. The Bertz CT molecular complexity index is 1360. The average molecular weight is 437 g/mol. The van der Waals surface area contributed by atoms with Crippen molar-refractivity contribution >= 4 is 11.6 Å². The van der Waals surface area contributed by atoms with Gasteiger partial charge in [-0.25, -0.2) is 0 Å². The summed E-state index contributed by atoms with van der Waals surface area (Å²) in [5, 5.41) is 6.89. The number of ether oxygens (including phenoxy) is 1. The summed E-state index contributed by atoms with van der Waals surface area (Å²) in [5.74, 6) is 1.44. The molecule has 0 fully saturated rings. The van der Waals surface area contributed by atoms with Crippen LogP contribution in [0.15, 0.2) is 106 Å². The predicted octanol–water partition coefficient (Wildman–Crippen LogP) is 5.83. The number of furan rings is 1. The molecule has 0 aliphatic carbocycles. The Labute approximate surface area is 189 Å². The van der Waals surface area contributed by atoms with Crippen LogP contribution in [-0.2, 0) is 6.61 Å². The van der Waals surface area contributed by atoms with Gasteiger partial charge in [-0.05, 0) is 48.0 Å². The lowest BCUT2D eigenvalue weighted by Gasteiger charge is -2.10. The van der Waals surface area contributed by atoms with Gasteiger partial charge in [-0.1, -0.05) is 53.7 Å². The van der Waals surface area contributed by atoms with Gasteiger partial charge in [-0.15, -0.1) is 0 Å². The van der Waals surface area contributed by atoms with Gasteiger partial charge in [0.2, 0.25) is 5.82 Å². The molecule has 2 heterocycles. The monoisotopic (exact) mass is 437 g/mol. The van der Waals surface area contributed by atoms with Gasteiger partial charge in [-0.3, -0.25) is 4.79 Å². The Hall–Kier alpha value is -4.65. The molecule has 0 spiro atoms. The molecule has 0 radical (unpaired) electrons. The largest absolute Gasteiger partial charge is 0.489 e. The standard InChI is InChI=1S/C26H19N3O4/c30-25(19-10-6-11-20(16-19)32-17-18-8-2-1-3-9-18)27-22-13-5-4-12-21(22)26-28-24(29-33-26)23-14-7-15-31-23/h1-16H,17H2,(H,27,30). The number of carbonyl (C=O) groups excluding carboxylic acids is 1. The summed E-state index contributed by atoms with van der Waals surface area (Å²) in [6.07, 6.45) is 1.54. The summed E-state index contributed by atoms with van der Waals surface area (Å²) < 4.78 is 16.6. The predicted molar refractivity (Wildman–Crippen MR) is 123 cm³/mol. The highest BCUT2D eigenvalue weighted by Crippen LogP contribution is 2.29. The smallest absolute Gasteiger partial charge is 0.260 e. The molecule has 0 saturated heterocycles. The second kappa shape index (κ2) is 9.23. The van der Waals surface area contributed by atoms with Gasteiger partial charge >= 0.3 is 0 Å². The summed E-state index contributed by atoms with van der Waals surface area (Å²) in [5.41, 5.74) is 2.67. The SMILES string of the molecule is O=C(Nc1ccccc1-c1nc(-c2ccco2)no1)c1cccc(OCc2ccccc2)c1. The van der Waals surface area contributed by atoms with Crippen molar-refractivity contribution in [3.8, 4) is 28.8 Å². The van der Waals surface area contributed by atoms with E-state index < -0.39 is 0 Å². The Morgan fingerprint density at radius 2 is 1.76 bits per heavy atom. The molecule has 0 atom stereocenters. The maximum absolute atomic E-state index is 13.0. The lowest BCUT2D eigenvalue weighted by molar-refractivity contribution is 0.102. The second-order valence-electron chi connectivity index (χ2n) is 7.20. The van der Waals surface area contributed by atoms with Crippen LogP contribution in [0, 0.1) is 0 Å². The minimum absolute atomic E-state index is 0.275. The van der Waals surface area contributed by atoms with Crippen molar-refractivity contribution in [2.24, 2.45) is 0 Å². The van der Waals surface area contributed by atoms with Crippen LogP contribution >= 0.6 is 0 Å². The molecule has 0 saturated carbocycles. The molecule has 0 bridgehead atoms. The quantitative estimate of drug-likeness (QED) is 0.345. The fraction of sp³-hybridized carbons (Fsp3) is 0.0385. The van der Waals surface area contributed by atoms with Crippen LogP contribution in [0.4, 0.5) is 5.69 Å². The first-order chi connectivity index (χ1) is 16.3. The fourth-order valence-corrected chi connectivity index (χ4v) is 3.28. The molecule has 3 aromatic carbocycles. The van der Waals surface area contributed by atoms with Crippen molar-refractivity contribution in [3.05, 3.63) is 108 Å². The molecule has 1 amide bonds. The van der Waals surface area contributed by atoms with Gasteiger partial charge in [0.05, 0.1) is 17.5 Å². The zero-order valence-electron chi connectivity index (χ0n) is 17.5. The van der Waals surface area contributed by atoms with E-state index in [2.05, 4.69) is 15.5 Å². The zero-order valence-corrected chi connectivity index (χ0v) is 17.5. The number of carbonyl (C=O) groups is 1. The number of nitrogens with one attached hydrogen (secondary N) is 1. The Balaban J connectivity index is 1.33. The van der Waals surface area contributed by atoms with E-state index in [-0.39, 0.29) is 11.8 Å². The molecule has 5 rings (SSSR count). The maximum Gasteiger partial charge on any atom is 0.260 e. The van der Waals surface area contributed by atoms with Gasteiger partial charge in [0.25, 0.3) is 11.8 Å². The molecule has 0 aliphatic rings. The summed E-state index contributed by atoms with van der Waals surface area (Å²) in [6.45, 7) is 0.421. The molecular weight excluding hydrogens is 418 g/mol. The van der Waals surface area contributed by atoms with Crippen LogP contribution in [0.1, 0.15) is 15.9 Å². The molecular formula is C26H19N3O4. The van der Waals surface area contributed by atoms with Crippen LogP contribution in [0.5, 0.6) is 5.75 Å². The van der Waals surface area contributed by atoms with E-state index in [1.54, 1.807) is 42.5 Å². The molecule has 33 heavy (non-hydrogen) atoms. The van der Waals surface area contributed by atoms with Crippen LogP contribution in [-0.4, -0.2) is 16.0 Å². The van der Waals surface area contributed by atoms with Crippen molar-refractivity contribution < 1.29 is 18.5 Å². The van der Waals surface area contributed by atoms with Gasteiger partial charge in [0.1, 0.15) is 12.4 Å². The van der Waals surface area contributed by atoms with Gasteiger partial charge in [0.15, 0.2) is 5.76 Å². The lowest BCUT2D eigenvalue weighted by atomic mass is 10.1. The lowest BCUT2D eigenvalue weighted by Crippen LogP contribution is -2.12. The minimum Gasteiger partial charge on any atom is -0.489 e. The van der Waals surface area contributed by atoms with Crippen LogP contribution in [0.2, 0.25) is 0 Å². The van der Waals surface area contributed by atoms with Crippen molar-refractivity contribution in [1.29, 1.82) is 0 Å². The molecule has 2 aromatic heterocycles. The molecule has 7 nitrogen and oxygen atoms in total. The van der Waals surface area contributed by atoms with Crippen molar-refractivity contribution in [2.45, 2.75) is 6.61 Å². The first-order valence-electron chi connectivity index (χ1n) is 10.3. The fourth-order valence-electron chi connectivity index (χ4n) is 3.28. The number of hydrogen-bond donors (Lipinski definition) is 1. The first-order valence-corrected chi connectivity index (χ1v) is 10.3. The van der Waals surface area contributed by atoms with E-state index in [1.807, 2.05) is 48.5 Å². The Kier molecular flexibility index (Phi) is 5.67. The number of amides is 1. The third-order valence-corrected chi connectivity index (χ3v) is 4.92. The minimum atomic E-state index is -0.279. The normalized spacial score (nSPS) is 10.7. The van der Waals surface area contributed by atoms with Gasteiger partial charge in [-0.2, -0.15) is 4.98 Å². The van der Waals surface area contributed by atoms with Crippen LogP contribution in [0.3, 0.4) is 0 Å². The van der Waals surface area contributed by atoms with E-state index in [4.69, 9.17) is 13.7 Å². The Morgan fingerprint density at radius 1 is 0.909 bits per heavy atom. The highest BCUT2D eigenvalue weighted by Gasteiger charge is 2.17. The third-order valence-electron chi connectivity index (χ3n) is 4.92. The first kappa shape index (κ1) is 20.3.